The molecule has 3 aromatic rings. The van der Waals surface area contributed by atoms with Crippen LogP contribution in [0.2, 0.25) is 0 Å². The van der Waals surface area contributed by atoms with Crippen molar-refractivity contribution in [2.75, 3.05) is 18.5 Å². The zero-order chi connectivity index (χ0) is 15.6. The molecule has 0 bridgehead atoms. The van der Waals surface area contributed by atoms with Crippen LogP contribution in [0, 0.1) is 0 Å². The minimum atomic E-state index is -0.112. The van der Waals surface area contributed by atoms with Crippen LogP contribution in [0.15, 0.2) is 40.2 Å². The highest BCUT2D eigenvalue weighted by Crippen LogP contribution is 2.33. The first-order valence-electron chi connectivity index (χ1n) is 7.33. The molecule has 7 heteroatoms. The molecule has 1 aromatic carbocycles. The van der Waals surface area contributed by atoms with Crippen molar-refractivity contribution >= 4 is 17.0 Å². The Kier molecular flexibility index (Phi) is 3.63. The number of fused-ring (bicyclic) bond motifs is 1. The summed E-state index contributed by atoms with van der Waals surface area (Å²) < 4.78 is 16.5. The second kappa shape index (κ2) is 5.92. The average molecular weight is 329 g/mol. The molecule has 1 atom stereocenters. The molecule has 6 nitrogen and oxygen atoms in total. The van der Waals surface area contributed by atoms with Crippen LogP contribution in [0.4, 0.5) is 5.69 Å². The van der Waals surface area contributed by atoms with Gasteiger partial charge in [-0.1, -0.05) is 11.2 Å². The second-order valence-electron chi connectivity index (χ2n) is 5.16. The lowest BCUT2D eigenvalue weighted by atomic mass is 10.2. The van der Waals surface area contributed by atoms with E-state index in [4.69, 9.17) is 14.0 Å². The molecule has 0 spiro atoms. The normalized spacial score (nSPS) is 14.5. The van der Waals surface area contributed by atoms with Crippen molar-refractivity contribution in [3.8, 4) is 22.2 Å². The molecule has 0 unspecified atom stereocenters. The maximum Gasteiger partial charge on any atom is 0.249 e. The Balaban J connectivity index is 1.50. The lowest BCUT2D eigenvalue weighted by Gasteiger charge is -2.20. The third kappa shape index (κ3) is 2.87. The summed E-state index contributed by atoms with van der Waals surface area (Å²) >= 11 is 1.58. The van der Waals surface area contributed by atoms with Crippen molar-refractivity contribution in [3.05, 3.63) is 41.6 Å². The predicted molar refractivity (Wildman–Crippen MR) is 87.1 cm³/mol. The number of anilines is 1. The highest BCUT2D eigenvalue weighted by atomic mass is 32.1. The molecular weight excluding hydrogens is 314 g/mol. The maximum atomic E-state index is 5.59. The molecule has 1 aliphatic heterocycles. The van der Waals surface area contributed by atoms with Gasteiger partial charge in [0.05, 0.1) is 4.88 Å². The van der Waals surface area contributed by atoms with E-state index < -0.39 is 0 Å². The first kappa shape index (κ1) is 14.1. The summed E-state index contributed by atoms with van der Waals surface area (Å²) in [6.45, 7) is 3.13. The van der Waals surface area contributed by atoms with E-state index in [1.54, 1.807) is 11.3 Å². The fourth-order valence-electron chi connectivity index (χ4n) is 2.36. The van der Waals surface area contributed by atoms with E-state index in [0.29, 0.717) is 24.9 Å². The van der Waals surface area contributed by atoms with Gasteiger partial charge in [-0.05, 0) is 30.5 Å². The summed E-state index contributed by atoms with van der Waals surface area (Å²) in [5, 5.41) is 9.36. The zero-order valence-electron chi connectivity index (χ0n) is 12.5. The van der Waals surface area contributed by atoms with Crippen LogP contribution >= 0.6 is 11.3 Å². The van der Waals surface area contributed by atoms with Crippen LogP contribution in [0.25, 0.3) is 10.7 Å². The summed E-state index contributed by atoms with van der Waals surface area (Å²) in [5.74, 6) is 2.68. The minimum absolute atomic E-state index is 0.112. The van der Waals surface area contributed by atoms with Gasteiger partial charge in [0.2, 0.25) is 11.7 Å². The number of nitrogens with zero attached hydrogens (tertiary/aromatic N) is 2. The Morgan fingerprint density at radius 2 is 2.04 bits per heavy atom. The molecule has 1 aliphatic rings. The first-order chi connectivity index (χ1) is 11.3. The zero-order valence-corrected chi connectivity index (χ0v) is 13.3. The van der Waals surface area contributed by atoms with Crippen LogP contribution in [0.5, 0.6) is 11.5 Å². The van der Waals surface area contributed by atoms with Gasteiger partial charge < -0.3 is 19.3 Å². The van der Waals surface area contributed by atoms with Crippen LogP contribution in [-0.2, 0) is 0 Å². The molecule has 23 heavy (non-hydrogen) atoms. The molecule has 0 aliphatic carbocycles. The number of thiophene rings is 1. The van der Waals surface area contributed by atoms with Gasteiger partial charge in [-0.3, -0.25) is 0 Å². The van der Waals surface area contributed by atoms with Crippen molar-refractivity contribution in [3.63, 3.8) is 0 Å². The largest absolute Gasteiger partial charge is 0.486 e. The van der Waals surface area contributed by atoms with Crippen LogP contribution in [0.1, 0.15) is 18.9 Å². The van der Waals surface area contributed by atoms with Crippen LogP contribution in [0.3, 0.4) is 0 Å². The highest BCUT2D eigenvalue weighted by Gasteiger charge is 2.17. The fourth-order valence-corrected chi connectivity index (χ4v) is 3.01. The molecule has 118 valence electrons. The van der Waals surface area contributed by atoms with E-state index in [1.165, 1.54) is 0 Å². The van der Waals surface area contributed by atoms with Crippen LogP contribution in [-0.4, -0.2) is 23.4 Å². The predicted octanol–water partition coefficient (Wildman–Crippen LogP) is 3.74. The summed E-state index contributed by atoms with van der Waals surface area (Å²) in [4.78, 5) is 5.44. The Labute approximate surface area is 137 Å². The smallest absolute Gasteiger partial charge is 0.249 e. The third-order valence-corrected chi connectivity index (χ3v) is 4.34. The molecule has 4 rings (SSSR count). The maximum absolute atomic E-state index is 5.59. The Morgan fingerprint density at radius 3 is 2.87 bits per heavy atom. The van der Waals surface area contributed by atoms with Gasteiger partial charge in [0, 0.05) is 11.8 Å². The molecule has 0 fully saturated rings. The number of hydrogen-bond acceptors (Lipinski definition) is 7. The van der Waals surface area contributed by atoms with Gasteiger partial charge in [0.25, 0.3) is 0 Å². The number of nitrogens with one attached hydrogen (secondary N) is 1. The summed E-state index contributed by atoms with van der Waals surface area (Å²) in [7, 11) is 0. The summed E-state index contributed by atoms with van der Waals surface area (Å²) in [6.07, 6.45) is 0. The van der Waals surface area contributed by atoms with E-state index in [9.17, 15) is 0 Å². The number of hydrogen-bond donors (Lipinski definition) is 1. The van der Waals surface area contributed by atoms with E-state index in [-0.39, 0.29) is 6.04 Å². The van der Waals surface area contributed by atoms with Crippen molar-refractivity contribution in [1.29, 1.82) is 0 Å². The van der Waals surface area contributed by atoms with Crippen molar-refractivity contribution in [2.45, 2.75) is 13.0 Å². The van der Waals surface area contributed by atoms with Gasteiger partial charge in [-0.2, -0.15) is 4.98 Å². The lowest BCUT2D eigenvalue weighted by Crippen LogP contribution is -2.15. The summed E-state index contributed by atoms with van der Waals surface area (Å²) in [5.41, 5.74) is 0.914. The number of aromatic nitrogens is 2. The Hall–Kier alpha value is -2.54. The SMILES string of the molecule is C[C@@H](Nc1ccc2c(c1)OCCO2)c1nc(-c2cccs2)no1. The van der Waals surface area contributed by atoms with Gasteiger partial charge in [-0.15, -0.1) is 11.3 Å². The monoisotopic (exact) mass is 329 g/mol. The molecule has 0 saturated heterocycles. The van der Waals surface area contributed by atoms with Crippen molar-refractivity contribution in [2.24, 2.45) is 0 Å². The standard InChI is InChI=1S/C16H15N3O3S/c1-10(16-18-15(19-22-16)14-3-2-8-23-14)17-11-4-5-12-13(9-11)21-7-6-20-12/h2-5,8-10,17H,6-7H2,1H3/t10-/m1/s1. The molecule has 1 N–H and O–H groups in total. The van der Waals surface area contributed by atoms with Gasteiger partial charge in [0.15, 0.2) is 11.5 Å². The molecule has 0 radical (unpaired) electrons. The van der Waals surface area contributed by atoms with Crippen molar-refractivity contribution < 1.29 is 14.0 Å². The fraction of sp³-hybridized carbons (Fsp3) is 0.250. The molecular formula is C16H15N3O3S. The third-order valence-electron chi connectivity index (χ3n) is 3.48. The lowest BCUT2D eigenvalue weighted by molar-refractivity contribution is 0.171. The van der Waals surface area contributed by atoms with E-state index in [2.05, 4.69) is 15.5 Å². The van der Waals surface area contributed by atoms with Crippen LogP contribution < -0.4 is 14.8 Å². The molecule has 0 saturated carbocycles. The topological polar surface area (TPSA) is 69.4 Å². The Morgan fingerprint density at radius 1 is 1.17 bits per heavy atom. The molecule has 0 amide bonds. The second-order valence-corrected chi connectivity index (χ2v) is 6.11. The molecule has 3 heterocycles. The van der Waals surface area contributed by atoms with Crippen molar-refractivity contribution in [1.82, 2.24) is 10.1 Å². The van der Waals surface area contributed by atoms with Gasteiger partial charge in [-0.25, -0.2) is 0 Å². The quantitative estimate of drug-likeness (QED) is 0.786. The Bertz CT molecular complexity index is 801. The molecule has 2 aromatic heterocycles. The van der Waals surface area contributed by atoms with E-state index in [0.717, 1.165) is 22.1 Å². The average Bonchev–Trinajstić information content (AvgIpc) is 3.26. The number of benzene rings is 1. The minimum Gasteiger partial charge on any atom is -0.486 e. The summed E-state index contributed by atoms with van der Waals surface area (Å²) in [6, 6.07) is 9.58. The first-order valence-corrected chi connectivity index (χ1v) is 8.21. The van der Waals surface area contributed by atoms with Gasteiger partial charge in [0.1, 0.15) is 19.3 Å². The van der Waals surface area contributed by atoms with Gasteiger partial charge >= 0.3 is 0 Å². The number of ether oxygens (including phenoxy) is 2. The number of rotatable bonds is 4. The van der Waals surface area contributed by atoms with E-state index >= 15 is 0 Å². The van der Waals surface area contributed by atoms with E-state index in [1.807, 2.05) is 42.6 Å². The highest BCUT2D eigenvalue weighted by molar-refractivity contribution is 7.13.